The molecule has 0 atom stereocenters. The van der Waals surface area contributed by atoms with Crippen LogP contribution in [0.1, 0.15) is 0 Å². The van der Waals surface area contributed by atoms with Crippen LogP contribution < -0.4 is 4.90 Å². The van der Waals surface area contributed by atoms with Crippen LogP contribution in [0.5, 0.6) is 0 Å². The van der Waals surface area contributed by atoms with Gasteiger partial charge in [0.1, 0.15) is 0 Å². The molecule has 1 aromatic heterocycles. The maximum Gasteiger partial charge on any atom is 0.0618 e. The summed E-state index contributed by atoms with van der Waals surface area (Å²) in [6.45, 7) is 0. The highest BCUT2D eigenvalue weighted by Crippen LogP contribution is 2.47. The third-order valence-electron chi connectivity index (χ3n) is 8.37. The quantitative estimate of drug-likeness (QED) is 0.196. The number of anilines is 3. The highest BCUT2D eigenvalue weighted by Gasteiger charge is 2.23. The lowest BCUT2D eigenvalue weighted by molar-refractivity contribution is 1.18. The summed E-state index contributed by atoms with van der Waals surface area (Å²) in [5, 5.41) is 2.49. The predicted octanol–water partition coefficient (Wildman–Crippen LogP) is 11.6. The van der Waals surface area contributed by atoms with E-state index in [4.69, 9.17) is 0 Å². The Kier molecular flexibility index (Phi) is 6.51. The van der Waals surface area contributed by atoms with Gasteiger partial charge in [0, 0.05) is 39.0 Å². The normalized spacial score (nSPS) is 11.2. The molecular weight excluding hydrogens is 532 g/mol. The third kappa shape index (κ3) is 4.45. The standard InChI is InChI=1S/C42H30N2/c1-5-16-31(17-6-1)36-25-15-26-37(32-18-7-2-8-19-32)42(36)43(33-20-9-3-10-21-33)35-28-29-39-38-24-13-14-27-40(38)44(41(39)30-35)34-22-11-4-12-23-34/h1-30H. The summed E-state index contributed by atoms with van der Waals surface area (Å²) in [4.78, 5) is 2.43. The summed E-state index contributed by atoms with van der Waals surface area (Å²) in [5.41, 5.74) is 11.6. The Morgan fingerprint density at radius 2 is 0.886 bits per heavy atom. The maximum atomic E-state index is 2.43. The van der Waals surface area contributed by atoms with Crippen molar-refractivity contribution in [2.45, 2.75) is 0 Å². The van der Waals surface area contributed by atoms with Gasteiger partial charge in [0.15, 0.2) is 0 Å². The summed E-state index contributed by atoms with van der Waals surface area (Å²) in [6.07, 6.45) is 0. The Morgan fingerprint density at radius 1 is 0.364 bits per heavy atom. The Balaban J connectivity index is 1.46. The van der Waals surface area contributed by atoms with E-state index in [9.17, 15) is 0 Å². The van der Waals surface area contributed by atoms with Crippen LogP contribution in [0, 0.1) is 0 Å². The molecule has 0 radical (unpaired) electrons. The number of nitrogens with zero attached hydrogens (tertiary/aromatic N) is 2. The van der Waals surface area contributed by atoms with Crippen LogP contribution in [0.15, 0.2) is 182 Å². The van der Waals surface area contributed by atoms with E-state index in [1.807, 2.05) is 0 Å². The first-order valence-corrected chi connectivity index (χ1v) is 15.0. The predicted molar refractivity (Wildman–Crippen MR) is 186 cm³/mol. The van der Waals surface area contributed by atoms with Gasteiger partial charge in [-0.2, -0.15) is 0 Å². The molecule has 0 unspecified atom stereocenters. The van der Waals surface area contributed by atoms with Gasteiger partial charge in [-0.15, -0.1) is 0 Å². The zero-order valence-electron chi connectivity index (χ0n) is 24.2. The minimum Gasteiger partial charge on any atom is -0.309 e. The van der Waals surface area contributed by atoms with Crippen molar-refractivity contribution in [3.8, 4) is 27.9 Å². The smallest absolute Gasteiger partial charge is 0.0618 e. The third-order valence-corrected chi connectivity index (χ3v) is 8.37. The van der Waals surface area contributed by atoms with Crippen molar-refractivity contribution in [2.24, 2.45) is 0 Å². The molecule has 7 aromatic carbocycles. The van der Waals surface area contributed by atoms with E-state index in [1.165, 1.54) is 44.1 Å². The fraction of sp³-hybridized carbons (Fsp3) is 0. The van der Waals surface area contributed by atoms with Crippen LogP contribution in [-0.2, 0) is 0 Å². The molecule has 0 amide bonds. The van der Waals surface area contributed by atoms with Crippen molar-refractivity contribution >= 4 is 38.9 Å². The van der Waals surface area contributed by atoms with E-state index in [1.54, 1.807) is 0 Å². The number of benzene rings is 7. The fourth-order valence-corrected chi connectivity index (χ4v) is 6.42. The SMILES string of the molecule is c1ccc(-c2cccc(-c3ccccc3)c2N(c2ccccc2)c2ccc3c4ccccc4n(-c4ccccc4)c3c2)cc1. The number of rotatable bonds is 6. The lowest BCUT2D eigenvalue weighted by atomic mass is 9.94. The molecule has 0 fully saturated rings. The average molecular weight is 563 g/mol. The van der Waals surface area contributed by atoms with Gasteiger partial charge in [-0.1, -0.05) is 140 Å². The second-order valence-corrected chi connectivity index (χ2v) is 11.0. The van der Waals surface area contributed by atoms with Gasteiger partial charge in [-0.05, 0) is 53.6 Å². The summed E-state index contributed by atoms with van der Waals surface area (Å²) < 4.78 is 2.39. The number of hydrogen-bond acceptors (Lipinski definition) is 1. The second-order valence-electron chi connectivity index (χ2n) is 11.0. The van der Waals surface area contributed by atoms with E-state index in [-0.39, 0.29) is 0 Å². The van der Waals surface area contributed by atoms with E-state index in [2.05, 4.69) is 191 Å². The van der Waals surface area contributed by atoms with Crippen LogP contribution in [0.25, 0.3) is 49.7 Å². The summed E-state index contributed by atoms with van der Waals surface area (Å²) in [6, 6.07) is 65.1. The number of aromatic nitrogens is 1. The van der Waals surface area contributed by atoms with Gasteiger partial charge in [0.05, 0.1) is 16.7 Å². The van der Waals surface area contributed by atoms with Gasteiger partial charge in [0.25, 0.3) is 0 Å². The molecule has 8 aromatic rings. The van der Waals surface area contributed by atoms with Crippen molar-refractivity contribution in [1.29, 1.82) is 0 Å². The molecule has 2 heteroatoms. The monoisotopic (exact) mass is 562 g/mol. The van der Waals surface area contributed by atoms with E-state index < -0.39 is 0 Å². The first kappa shape index (κ1) is 25.8. The van der Waals surface area contributed by atoms with Gasteiger partial charge in [-0.25, -0.2) is 0 Å². The van der Waals surface area contributed by atoms with Crippen LogP contribution >= 0.6 is 0 Å². The molecule has 0 aliphatic carbocycles. The molecule has 0 aliphatic rings. The molecule has 2 nitrogen and oxygen atoms in total. The largest absolute Gasteiger partial charge is 0.309 e. The Morgan fingerprint density at radius 3 is 1.52 bits per heavy atom. The molecule has 0 aliphatic heterocycles. The van der Waals surface area contributed by atoms with E-state index >= 15 is 0 Å². The molecule has 8 rings (SSSR count). The van der Waals surface area contributed by atoms with Gasteiger partial charge < -0.3 is 9.47 Å². The Labute approximate surface area is 257 Å². The van der Waals surface area contributed by atoms with Crippen molar-refractivity contribution in [3.63, 3.8) is 0 Å². The summed E-state index contributed by atoms with van der Waals surface area (Å²) in [7, 11) is 0. The molecule has 0 saturated heterocycles. The van der Waals surface area contributed by atoms with Gasteiger partial charge in [0.2, 0.25) is 0 Å². The number of fused-ring (bicyclic) bond motifs is 3. The number of para-hydroxylation sites is 4. The fourth-order valence-electron chi connectivity index (χ4n) is 6.42. The first-order valence-electron chi connectivity index (χ1n) is 15.0. The van der Waals surface area contributed by atoms with Crippen molar-refractivity contribution in [3.05, 3.63) is 182 Å². The van der Waals surface area contributed by atoms with Crippen LogP contribution in [0.3, 0.4) is 0 Å². The minimum absolute atomic E-state index is 1.10. The number of hydrogen-bond donors (Lipinski definition) is 0. The average Bonchev–Trinajstić information content (AvgIpc) is 3.44. The molecule has 208 valence electrons. The first-order chi connectivity index (χ1) is 21.9. The summed E-state index contributed by atoms with van der Waals surface area (Å²) >= 11 is 0. The zero-order valence-corrected chi connectivity index (χ0v) is 24.2. The Hall–Kier alpha value is -5.86. The highest BCUT2D eigenvalue weighted by molar-refractivity contribution is 6.11. The van der Waals surface area contributed by atoms with Crippen molar-refractivity contribution < 1.29 is 0 Å². The van der Waals surface area contributed by atoms with Crippen LogP contribution in [-0.4, -0.2) is 4.57 Å². The van der Waals surface area contributed by atoms with Gasteiger partial charge >= 0.3 is 0 Å². The van der Waals surface area contributed by atoms with Crippen molar-refractivity contribution in [1.82, 2.24) is 4.57 Å². The van der Waals surface area contributed by atoms with Crippen LogP contribution in [0.4, 0.5) is 17.1 Å². The molecule has 44 heavy (non-hydrogen) atoms. The lowest BCUT2D eigenvalue weighted by Gasteiger charge is -2.30. The van der Waals surface area contributed by atoms with E-state index in [0.29, 0.717) is 0 Å². The second kappa shape index (κ2) is 11.1. The molecule has 1 heterocycles. The minimum atomic E-state index is 1.10. The molecule has 0 N–H and O–H groups in total. The van der Waals surface area contributed by atoms with Gasteiger partial charge in [-0.3, -0.25) is 0 Å². The van der Waals surface area contributed by atoms with Crippen LogP contribution in [0.2, 0.25) is 0 Å². The molecule has 0 saturated carbocycles. The molecular formula is C42H30N2. The topological polar surface area (TPSA) is 8.17 Å². The zero-order chi connectivity index (χ0) is 29.3. The maximum absolute atomic E-state index is 2.43. The highest BCUT2D eigenvalue weighted by atomic mass is 15.1. The van der Waals surface area contributed by atoms with E-state index in [0.717, 1.165) is 22.7 Å². The Bertz CT molecular complexity index is 2140. The van der Waals surface area contributed by atoms with Crippen molar-refractivity contribution in [2.75, 3.05) is 4.90 Å². The lowest BCUT2D eigenvalue weighted by Crippen LogP contribution is -2.12. The molecule has 0 spiro atoms. The molecule has 0 bridgehead atoms. The summed E-state index contributed by atoms with van der Waals surface area (Å²) in [5.74, 6) is 0.